The van der Waals surface area contributed by atoms with Crippen molar-refractivity contribution in [2.75, 3.05) is 5.32 Å². The smallest absolute Gasteiger partial charge is 0.387 e. The van der Waals surface area contributed by atoms with Crippen LogP contribution in [0.25, 0.3) is 0 Å². The highest BCUT2D eigenvalue weighted by atomic mass is 35.5. The fourth-order valence-electron chi connectivity index (χ4n) is 1.50. The van der Waals surface area contributed by atoms with Crippen molar-refractivity contribution in [3.8, 4) is 5.75 Å². The van der Waals surface area contributed by atoms with E-state index in [-0.39, 0.29) is 16.7 Å². The molecule has 2 rings (SSSR count). The van der Waals surface area contributed by atoms with Crippen molar-refractivity contribution in [2.45, 2.75) is 17.4 Å². The van der Waals surface area contributed by atoms with Crippen molar-refractivity contribution in [3.63, 3.8) is 0 Å². The average molecular weight is 331 g/mol. The molecule has 0 heterocycles. The molecule has 1 aromatic rings. The van der Waals surface area contributed by atoms with Gasteiger partial charge < -0.3 is 10.1 Å². The fraction of sp³-hybridized carbons (Fsp3) is 0.364. The maximum Gasteiger partial charge on any atom is 0.387 e. The Hall–Kier alpha value is -0.780. The van der Waals surface area contributed by atoms with E-state index in [0.717, 1.165) is 0 Å². The second kappa shape index (κ2) is 5.31. The van der Waals surface area contributed by atoms with E-state index < -0.39 is 16.9 Å². The molecule has 1 unspecified atom stereocenters. The number of ether oxygens (including phenoxy) is 1. The van der Waals surface area contributed by atoms with Gasteiger partial charge in [-0.25, -0.2) is 0 Å². The normalized spacial score (nSPS) is 20.2. The summed E-state index contributed by atoms with van der Waals surface area (Å²) in [6.07, 6.45) is 0.377. The SMILES string of the molecule is O=C(Nc1ccc(OC(F)F)c(Cl)c1)C1CC1(Cl)Cl. The minimum atomic E-state index is -2.96. The minimum absolute atomic E-state index is 0.0306. The van der Waals surface area contributed by atoms with Gasteiger partial charge in [0.1, 0.15) is 10.1 Å². The first-order valence-corrected chi connectivity index (χ1v) is 6.36. The van der Waals surface area contributed by atoms with Crippen molar-refractivity contribution in [2.24, 2.45) is 5.92 Å². The first kappa shape index (κ1) is 14.6. The van der Waals surface area contributed by atoms with Crippen molar-refractivity contribution in [3.05, 3.63) is 23.2 Å². The highest BCUT2D eigenvalue weighted by Gasteiger charge is 2.56. The zero-order chi connectivity index (χ0) is 14.2. The summed E-state index contributed by atoms with van der Waals surface area (Å²) in [7, 11) is 0. The van der Waals surface area contributed by atoms with Crippen LogP contribution in [0.3, 0.4) is 0 Å². The molecule has 1 aromatic carbocycles. The summed E-state index contributed by atoms with van der Waals surface area (Å²) in [4.78, 5) is 11.7. The maximum absolute atomic E-state index is 12.0. The van der Waals surface area contributed by atoms with E-state index >= 15 is 0 Å². The molecular formula is C11H8Cl3F2NO2. The first-order chi connectivity index (χ1) is 8.79. The molecule has 1 amide bonds. The summed E-state index contributed by atoms with van der Waals surface area (Å²) in [5, 5.41) is 2.51. The molecule has 19 heavy (non-hydrogen) atoms. The second-order valence-electron chi connectivity index (χ2n) is 4.03. The summed E-state index contributed by atoms with van der Waals surface area (Å²) >= 11 is 17.3. The van der Waals surface area contributed by atoms with Crippen LogP contribution in [0.4, 0.5) is 14.5 Å². The number of anilines is 1. The van der Waals surface area contributed by atoms with Crippen molar-refractivity contribution in [1.29, 1.82) is 0 Å². The van der Waals surface area contributed by atoms with Crippen LogP contribution in [0.1, 0.15) is 6.42 Å². The number of hydrogen-bond acceptors (Lipinski definition) is 2. The largest absolute Gasteiger partial charge is 0.433 e. The Morgan fingerprint density at radius 3 is 2.58 bits per heavy atom. The lowest BCUT2D eigenvalue weighted by molar-refractivity contribution is -0.117. The van der Waals surface area contributed by atoms with Gasteiger partial charge >= 0.3 is 6.61 Å². The molecule has 0 aliphatic heterocycles. The van der Waals surface area contributed by atoms with Gasteiger partial charge in [-0.2, -0.15) is 8.78 Å². The van der Waals surface area contributed by atoms with E-state index in [1.165, 1.54) is 18.2 Å². The third-order valence-corrected chi connectivity index (χ3v) is 3.69. The minimum Gasteiger partial charge on any atom is -0.433 e. The van der Waals surface area contributed by atoms with Gasteiger partial charge in [-0.1, -0.05) is 11.6 Å². The van der Waals surface area contributed by atoms with E-state index in [4.69, 9.17) is 34.8 Å². The maximum atomic E-state index is 12.0. The molecule has 1 aliphatic carbocycles. The van der Waals surface area contributed by atoms with Gasteiger partial charge in [0.2, 0.25) is 5.91 Å². The summed E-state index contributed by atoms with van der Waals surface area (Å²) in [6, 6.07) is 3.95. The van der Waals surface area contributed by atoms with Crippen molar-refractivity contribution in [1.82, 2.24) is 0 Å². The van der Waals surface area contributed by atoms with Crippen molar-refractivity contribution >= 4 is 46.4 Å². The van der Waals surface area contributed by atoms with Crippen LogP contribution in [0.5, 0.6) is 5.75 Å². The van der Waals surface area contributed by atoms with Gasteiger partial charge in [-0.05, 0) is 24.6 Å². The Morgan fingerprint density at radius 1 is 1.47 bits per heavy atom. The Morgan fingerprint density at radius 2 is 2.11 bits per heavy atom. The lowest BCUT2D eigenvalue weighted by Gasteiger charge is -2.09. The highest BCUT2D eigenvalue weighted by Crippen LogP contribution is 2.53. The monoisotopic (exact) mass is 329 g/mol. The van der Waals surface area contributed by atoms with Crippen LogP contribution in [-0.4, -0.2) is 16.9 Å². The van der Waals surface area contributed by atoms with Gasteiger partial charge in [0.25, 0.3) is 0 Å². The Kier molecular flexibility index (Phi) is 4.08. The lowest BCUT2D eigenvalue weighted by atomic mass is 10.3. The fourth-order valence-corrected chi connectivity index (χ4v) is 2.23. The van der Waals surface area contributed by atoms with Crippen LogP contribution in [0.15, 0.2) is 18.2 Å². The van der Waals surface area contributed by atoms with Gasteiger partial charge in [0, 0.05) is 5.69 Å². The van der Waals surface area contributed by atoms with Gasteiger partial charge in [-0.3, -0.25) is 4.79 Å². The van der Waals surface area contributed by atoms with Crippen molar-refractivity contribution < 1.29 is 18.3 Å². The Bertz CT molecular complexity index is 511. The molecule has 1 N–H and O–H groups in total. The standard InChI is InChI=1S/C11H8Cl3F2NO2/c12-7-3-5(1-2-8(7)19-10(15)16)17-9(18)6-4-11(6,13)14/h1-3,6,10H,4H2,(H,17,18). The summed E-state index contributed by atoms with van der Waals surface area (Å²) in [5.74, 6) is -0.986. The molecule has 0 bridgehead atoms. The number of hydrogen-bond donors (Lipinski definition) is 1. The van der Waals surface area contributed by atoms with E-state index in [1.54, 1.807) is 0 Å². The molecule has 8 heteroatoms. The highest BCUT2D eigenvalue weighted by molar-refractivity contribution is 6.52. The number of halogens is 5. The molecule has 0 spiro atoms. The predicted molar refractivity (Wildman–Crippen MR) is 69.3 cm³/mol. The van der Waals surface area contributed by atoms with Crippen LogP contribution >= 0.6 is 34.8 Å². The van der Waals surface area contributed by atoms with Crippen LogP contribution in [0, 0.1) is 5.92 Å². The van der Waals surface area contributed by atoms with E-state index in [9.17, 15) is 13.6 Å². The molecule has 0 aromatic heterocycles. The topological polar surface area (TPSA) is 38.3 Å². The summed E-state index contributed by atoms with van der Waals surface area (Å²) in [6.45, 7) is -2.96. The van der Waals surface area contributed by atoms with Crippen LogP contribution in [-0.2, 0) is 4.79 Å². The Balaban J connectivity index is 2.02. The number of amides is 1. The molecule has 1 aliphatic rings. The third kappa shape index (κ3) is 3.61. The van der Waals surface area contributed by atoms with Gasteiger partial charge in [0.15, 0.2) is 0 Å². The number of carbonyl (C=O) groups is 1. The Labute approximate surface area is 122 Å². The number of nitrogens with one attached hydrogen (secondary N) is 1. The molecule has 3 nitrogen and oxygen atoms in total. The first-order valence-electron chi connectivity index (χ1n) is 5.22. The number of carbonyl (C=O) groups excluding carboxylic acids is 1. The molecule has 1 fully saturated rings. The zero-order valence-electron chi connectivity index (χ0n) is 9.30. The summed E-state index contributed by atoms with van der Waals surface area (Å²) in [5.41, 5.74) is 0.354. The van der Waals surface area contributed by atoms with Crippen LogP contribution in [0.2, 0.25) is 5.02 Å². The van der Waals surface area contributed by atoms with Gasteiger partial charge in [0.05, 0.1) is 10.9 Å². The summed E-state index contributed by atoms with van der Waals surface area (Å²) < 4.78 is 27.2. The predicted octanol–water partition coefficient (Wildman–Crippen LogP) is 4.07. The number of rotatable bonds is 4. The van der Waals surface area contributed by atoms with E-state index in [2.05, 4.69) is 10.1 Å². The second-order valence-corrected chi connectivity index (χ2v) is 5.98. The average Bonchev–Trinajstić information content (AvgIpc) is 2.91. The molecule has 1 saturated carbocycles. The number of benzene rings is 1. The molecule has 104 valence electrons. The number of alkyl halides is 4. The van der Waals surface area contributed by atoms with Crippen LogP contribution < -0.4 is 10.1 Å². The zero-order valence-corrected chi connectivity index (χ0v) is 11.6. The molecule has 0 radical (unpaired) electrons. The lowest BCUT2D eigenvalue weighted by Crippen LogP contribution is -2.16. The quantitative estimate of drug-likeness (QED) is 0.845. The third-order valence-electron chi connectivity index (χ3n) is 2.56. The van der Waals surface area contributed by atoms with E-state index in [1.807, 2.05) is 0 Å². The molecule has 0 saturated heterocycles. The molecular weight excluding hydrogens is 322 g/mol. The molecule has 1 atom stereocenters. The van der Waals surface area contributed by atoms with E-state index in [0.29, 0.717) is 12.1 Å². The van der Waals surface area contributed by atoms with Gasteiger partial charge in [-0.15, -0.1) is 23.2 Å².